The summed E-state index contributed by atoms with van der Waals surface area (Å²) < 4.78 is 1.23. The average Bonchev–Trinajstić information content (AvgIpc) is 2.63. The first-order valence-corrected chi connectivity index (χ1v) is 7.78. The van der Waals surface area contributed by atoms with Crippen molar-refractivity contribution in [3.8, 4) is 0 Å². The summed E-state index contributed by atoms with van der Waals surface area (Å²) in [5, 5.41) is 5.83. The summed E-state index contributed by atoms with van der Waals surface area (Å²) in [4.78, 5) is 0. The van der Waals surface area contributed by atoms with Crippen LogP contribution >= 0.6 is 27.3 Å². The van der Waals surface area contributed by atoms with Crippen LogP contribution in [0.5, 0.6) is 0 Å². The largest absolute Gasteiger partial charge is 0.310 e. The van der Waals surface area contributed by atoms with Gasteiger partial charge in [0, 0.05) is 6.04 Å². The molecular formula is C13H22BrNS. The van der Waals surface area contributed by atoms with Gasteiger partial charge in [-0.15, -0.1) is 11.3 Å². The number of thiophene rings is 1. The maximum absolute atomic E-state index is 3.57. The van der Waals surface area contributed by atoms with Gasteiger partial charge in [0.1, 0.15) is 0 Å². The van der Waals surface area contributed by atoms with Gasteiger partial charge in [-0.1, -0.05) is 33.6 Å². The molecule has 3 heteroatoms. The maximum atomic E-state index is 3.57. The van der Waals surface area contributed by atoms with Gasteiger partial charge in [0.15, 0.2) is 0 Å². The molecular weight excluding hydrogens is 282 g/mol. The van der Waals surface area contributed by atoms with Gasteiger partial charge >= 0.3 is 0 Å². The molecule has 0 aliphatic rings. The minimum absolute atomic E-state index is 0.534. The molecule has 0 aromatic carbocycles. The smallest absolute Gasteiger partial charge is 0.0701 e. The molecule has 1 nitrogen and oxygen atoms in total. The van der Waals surface area contributed by atoms with Crippen LogP contribution in [0.2, 0.25) is 0 Å². The van der Waals surface area contributed by atoms with Crippen molar-refractivity contribution in [1.29, 1.82) is 0 Å². The van der Waals surface area contributed by atoms with Gasteiger partial charge in [-0.2, -0.15) is 0 Å². The van der Waals surface area contributed by atoms with E-state index in [0.29, 0.717) is 6.04 Å². The van der Waals surface area contributed by atoms with E-state index < -0.39 is 0 Å². The van der Waals surface area contributed by atoms with Gasteiger partial charge in [-0.3, -0.25) is 0 Å². The molecule has 0 aliphatic carbocycles. The highest BCUT2D eigenvalue weighted by molar-refractivity contribution is 9.11. The van der Waals surface area contributed by atoms with E-state index >= 15 is 0 Å². The van der Waals surface area contributed by atoms with Crippen LogP contribution in [-0.2, 0) is 0 Å². The number of hydrogen-bond acceptors (Lipinski definition) is 2. The molecule has 1 aromatic heterocycles. The Hall–Kier alpha value is 0.140. The lowest BCUT2D eigenvalue weighted by Crippen LogP contribution is -2.20. The first kappa shape index (κ1) is 14.2. The number of rotatable bonds is 7. The number of halogens is 1. The molecule has 1 aromatic rings. The lowest BCUT2D eigenvalue weighted by molar-refractivity contribution is 0.456. The molecule has 1 heterocycles. The summed E-state index contributed by atoms with van der Waals surface area (Å²) in [5.74, 6) is 0.816. The number of hydrogen-bond donors (Lipinski definition) is 1. The standard InChI is InChI=1S/C13H22BrNS/c1-4-15-12(7-5-6-10(2)3)11-8-13(14)16-9-11/h8-10,12,15H,4-7H2,1-3H3. The van der Waals surface area contributed by atoms with Crippen molar-refractivity contribution >= 4 is 27.3 Å². The molecule has 0 radical (unpaired) electrons. The summed E-state index contributed by atoms with van der Waals surface area (Å²) in [5.41, 5.74) is 1.43. The van der Waals surface area contributed by atoms with Crippen LogP contribution in [0.4, 0.5) is 0 Å². The van der Waals surface area contributed by atoms with Gasteiger partial charge in [0.25, 0.3) is 0 Å². The lowest BCUT2D eigenvalue weighted by Gasteiger charge is -2.17. The summed E-state index contributed by atoms with van der Waals surface area (Å²) >= 11 is 5.31. The molecule has 0 saturated carbocycles. The van der Waals surface area contributed by atoms with Crippen molar-refractivity contribution in [3.05, 3.63) is 20.8 Å². The maximum Gasteiger partial charge on any atom is 0.0701 e. The zero-order valence-corrected chi connectivity index (χ0v) is 12.8. The fourth-order valence-electron chi connectivity index (χ4n) is 1.87. The Morgan fingerprint density at radius 1 is 1.38 bits per heavy atom. The second-order valence-electron chi connectivity index (χ2n) is 4.62. The Labute approximate surface area is 112 Å². The Morgan fingerprint density at radius 3 is 2.62 bits per heavy atom. The van der Waals surface area contributed by atoms with E-state index in [1.807, 2.05) is 0 Å². The zero-order valence-electron chi connectivity index (χ0n) is 10.4. The Bertz CT molecular complexity index is 296. The summed E-state index contributed by atoms with van der Waals surface area (Å²) in [6.07, 6.45) is 3.88. The topological polar surface area (TPSA) is 12.0 Å². The molecule has 16 heavy (non-hydrogen) atoms. The third-order valence-corrected chi connectivity index (χ3v) is 4.24. The van der Waals surface area contributed by atoms with Crippen molar-refractivity contribution in [3.63, 3.8) is 0 Å². The van der Waals surface area contributed by atoms with E-state index in [2.05, 4.69) is 53.5 Å². The minimum atomic E-state index is 0.534. The van der Waals surface area contributed by atoms with Crippen LogP contribution in [0.25, 0.3) is 0 Å². The lowest BCUT2D eigenvalue weighted by atomic mass is 10.00. The van der Waals surface area contributed by atoms with Crippen LogP contribution in [0.3, 0.4) is 0 Å². The van der Waals surface area contributed by atoms with Crippen LogP contribution in [0.15, 0.2) is 15.2 Å². The van der Waals surface area contributed by atoms with Crippen LogP contribution < -0.4 is 5.32 Å². The molecule has 1 N–H and O–H groups in total. The van der Waals surface area contributed by atoms with Gasteiger partial charge in [-0.25, -0.2) is 0 Å². The Kier molecular flexibility index (Phi) is 6.62. The van der Waals surface area contributed by atoms with Crippen molar-refractivity contribution in [1.82, 2.24) is 5.32 Å². The van der Waals surface area contributed by atoms with E-state index in [9.17, 15) is 0 Å². The van der Waals surface area contributed by atoms with Gasteiger partial charge in [0.2, 0.25) is 0 Å². The van der Waals surface area contributed by atoms with E-state index in [1.165, 1.54) is 28.6 Å². The predicted molar refractivity (Wildman–Crippen MR) is 77.1 cm³/mol. The highest BCUT2D eigenvalue weighted by Crippen LogP contribution is 2.28. The monoisotopic (exact) mass is 303 g/mol. The highest BCUT2D eigenvalue weighted by Gasteiger charge is 2.11. The molecule has 0 saturated heterocycles. The normalized spacial score (nSPS) is 13.3. The Morgan fingerprint density at radius 2 is 2.12 bits per heavy atom. The second kappa shape index (κ2) is 7.46. The van der Waals surface area contributed by atoms with Crippen LogP contribution in [0.1, 0.15) is 51.6 Å². The number of nitrogens with one attached hydrogen (secondary N) is 1. The predicted octanol–water partition coefficient (Wildman–Crippen LogP) is 4.99. The molecule has 1 unspecified atom stereocenters. The average molecular weight is 304 g/mol. The molecule has 92 valence electrons. The van der Waals surface area contributed by atoms with E-state index in [-0.39, 0.29) is 0 Å². The zero-order chi connectivity index (χ0) is 12.0. The fourth-order valence-corrected chi connectivity index (χ4v) is 3.10. The Balaban J connectivity index is 2.47. The highest BCUT2D eigenvalue weighted by atomic mass is 79.9. The quantitative estimate of drug-likeness (QED) is 0.748. The van der Waals surface area contributed by atoms with Crippen molar-refractivity contribution in [2.24, 2.45) is 5.92 Å². The summed E-state index contributed by atoms with van der Waals surface area (Å²) in [7, 11) is 0. The molecule has 0 fully saturated rings. The van der Waals surface area contributed by atoms with Crippen molar-refractivity contribution in [2.75, 3.05) is 6.54 Å². The van der Waals surface area contributed by atoms with Crippen LogP contribution in [0, 0.1) is 5.92 Å². The van der Waals surface area contributed by atoms with Crippen LogP contribution in [-0.4, -0.2) is 6.54 Å². The SMILES string of the molecule is CCNC(CCCC(C)C)c1csc(Br)c1. The van der Waals surface area contributed by atoms with E-state index in [4.69, 9.17) is 0 Å². The fraction of sp³-hybridized carbons (Fsp3) is 0.692. The van der Waals surface area contributed by atoms with Gasteiger partial charge in [-0.05, 0) is 51.8 Å². The third kappa shape index (κ3) is 4.98. The summed E-state index contributed by atoms with van der Waals surface area (Å²) in [6.45, 7) is 7.81. The van der Waals surface area contributed by atoms with E-state index in [1.54, 1.807) is 11.3 Å². The first-order valence-electron chi connectivity index (χ1n) is 6.10. The molecule has 0 spiro atoms. The van der Waals surface area contributed by atoms with Crippen molar-refractivity contribution in [2.45, 2.75) is 46.1 Å². The van der Waals surface area contributed by atoms with E-state index in [0.717, 1.165) is 12.5 Å². The molecule has 0 amide bonds. The third-order valence-electron chi connectivity index (χ3n) is 2.71. The summed E-state index contributed by atoms with van der Waals surface area (Å²) in [6, 6.07) is 2.78. The second-order valence-corrected chi connectivity index (χ2v) is 6.91. The molecule has 1 atom stereocenters. The van der Waals surface area contributed by atoms with Gasteiger partial charge in [0.05, 0.1) is 3.79 Å². The molecule has 0 bridgehead atoms. The molecule has 1 rings (SSSR count). The van der Waals surface area contributed by atoms with Crippen molar-refractivity contribution < 1.29 is 0 Å². The van der Waals surface area contributed by atoms with Gasteiger partial charge < -0.3 is 5.32 Å². The molecule has 0 aliphatic heterocycles. The first-order chi connectivity index (χ1) is 7.63. The minimum Gasteiger partial charge on any atom is -0.310 e.